The lowest BCUT2D eigenvalue weighted by molar-refractivity contribution is -0.134. The molecule has 0 aliphatic carbocycles. The molecule has 0 saturated heterocycles. The number of nitrogens with zero attached hydrogens (tertiary/aromatic N) is 2. The van der Waals surface area contributed by atoms with Crippen molar-refractivity contribution in [2.75, 3.05) is 32.5 Å². The lowest BCUT2D eigenvalue weighted by Crippen LogP contribution is -2.31. The summed E-state index contributed by atoms with van der Waals surface area (Å²) < 4.78 is 0. The van der Waals surface area contributed by atoms with Gasteiger partial charge in [0.2, 0.25) is 0 Å². The van der Waals surface area contributed by atoms with E-state index in [4.69, 9.17) is 21.8 Å². The predicted molar refractivity (Wildman–Crippen MR) is 117 cm³/mol. The topological polar surface area (TPSA) is 149 Å². The van der Waals surface area contributed by atoms with Crippen LogP contribution in [0.25, 0.3) is 0 Å². The quantitative estimate of drug-likeness (QED) is 0.430. The fourth-order valence-corrected chi connectivity index (χ4v) is 2.74. The van der Waals surface area contributed by atoms with E-state index >= 15 is 0 Å². The first-order valence-electron chi connectivity index (χ1n) is 8.67. The molecule has 0 radical (unpaired) electrons. The maximum Gasteiger partial charge on any atom is 0.328 e. The van der Waals surface area contributed by atoms with Gasteiger partial charge in [0.25, 0.3) is 11.8 Å². The molecular weight excluding hydrogens is 448 g/mol. The van der Waals surface area contributed by atoms with Crippen LogP contribution in [0.1, 0.15) is 20.8 Å². The molecule has 0 fully saturated rings. The normalized spacial score (nSPS) is 10.3. The summed E-state index contributed by atoms with van der Waals surface area (Å²) in [5, 5.41) is 23.5. The van der Waals surface area contributed by atoms with Crippen LogP contribution < -0.4 is 10.6 Å². The Morgan fingerprint density at radius 1 is 1.13 bits per heavy atom. The average molecular weight is 469 g/mol. The second-order valence-electron chi connectivity index (χ2n) is 6.07. The Balaban J connectivity index is 0.000000512. The molecule has 2 aromatic rings. The molecule has 0 aliphatic heterocycles. The number of carbonyl (C=O) groups is 4. The van der Waals surface area contributed by atoms with Crippen molar-refractivity contribution in [1.82, 2.24) is 15.2 Å². The van der Waals surface area contributed by atoms with Gasteiger partial charge in [-0.1, -0.05) is 17.7 Å². The second kappa shape index (κ2) is 13.1. The van der Waals surface area contributed by atoms with Crippen LogP contribution in [0.2, 0.25) is 5.02 Å². The van der Waals surface area contributed by atoms with Gasteiger partial charge in [0.15, 0.2) is 5.13 Å². The molecule has 10 nitrogen and oxygen atoms in total. The van der Waals surface area contributed by atoms with Crippen LogP contribution in [0.5, 0.6) is 0 Å². The first-order valence-corrected chi connectivity index (χ1v) is 9.93. The maximum absolute atomic E-state index is 12.1. The van der Waals surface area contributed by atoms with Crippen LogP contribution in [-0.4, -0.2) is 71.0 Å². The van der Waals surface area contributed by atoms with Crippen LogP contribution in [0.4, 0.5) is 5.13 Å². The van der Waals surface area contributed by atoms with Crippen molar-refractivity contribution in [3.63, 3.8) is 0 Å². The van der Waals surface area contributed by atoms with Gasteiger partial charge >= 0.3 is 11.9 Å². The number of anilines is 1. The minimum absolute atomic E-state index is 0.258. The number of carboxylic acid groups (broad SMARTS) is 2. The van der Waals surface area contributed by atoms with E-state index in [1.165, 1.54) is 11.3 Å². The van der Waals surface area contributed by atoms with E-state index in [1.54, 1.807) is 29.6 Å². The number of nitrogens with one attached hydrogen (secondary N) is 2. The van der Waals surface area contributed by atoms with E-state index in [0.717, 1.165) is 6.54 Å². The minimum atomic E-state index is -1.26. The van der Waals surface area contributed by atoms with Crippen LogP contribution >= 0.6 is 22.9 Å². The maximum atomic E-state index is 12.1. The molecule has 4 N–H and O–H groups in total. The van der Waals surface area contributed by atoms with Crippen molar-refractivity contribution in [2.24, 2.45) is 0 Å². The fourth-order valence-electron chi connectivity index (χ4n) is 1.86. The molecule has 1 aromatic heterocycles. The number of rotatable bonds is 8. The van der Waals surface area contributed by atoms with E-state index in [0.29, 0.717) is 34.4 Å². The van der Waals surface area contributed by atoms with Gasteiger partial charge in [0.05, 0.1) is 0 Å². The van der Waals surface area contributed by atoms with Gasteiger partial charge < -0.3 is 20.4 Å². The molecule has 31 heavy (non-hydrogen) atoms. The standard InChI is InChI=1S/C15H17ClN4O2S.C4H4O4/c1-20(2)7-6-17-14(22)12-9-23-15(18-12)19-13(21)10-4-3-5-11(16)8-10;5-3(6)1-2-4(7)8/h3-5,8-9H,6-7H2,1-2H3,(H,17,22)(H,18,19,21);1-2H,(H,5,6)(H,7,8). The number of hydrogen-bond acceptors (Lipinski definition) is 7. The zero-order chi connectivity index (χ0) is 23.4. The van der Waals surface area contributed by atoms with Crippen molar-refractivity contribution in [3.05, 3.63) is 58.1 Å². The van der Waals surface area contributed by atoms with Gasteiger partial charge in [-0.05, 0) is 32.3 Å². The lowest BCUT2D eigenvalue weighted by atomic mass is 10.2. The highest BCUT2D eigenvalue weighted by Gasteiger charge is 2.13. The minimum Gasteiger partial charge on any atom is -0.478 e. The Labute approximate surface area is 187 Å². The summed E-state index contributed by atoms with van der Waals surface area (Å²) in [6.45, 7) is 1.28. The fraction of sp³-hybridized carbons (Fsp3) is 0.211. The third kappa shape index (κ3) is 10.9. The van der Waals surface area contributed by atoms with Crippen LogP contribution in [0, 0.1) is 0 Å². The highest BCUT2D eigenvalue weighted by molar-refractivity contribution is 7.14. The molecule has 0 aliphatic rings. The van der Waals surface area contributed by atoms with Gasteiger partial charge in [-0.3, -0.25) is 14.9 Å². The van der Waals surface area contributed by atoms with Gasteiger partial charge in [0.1, 0.15) is 5.69 Å². The number of aromatic nitrogens is 1. The van der Waals surface area contributed by atoms with E-state index in [-0.39, 0.29) is 17.5 Å². The molecule has 0 atom stereocenters. The van der Waals surface area contributed by atoms with Gasteiger partial charge in [0, 0.05) is 41.2 Å². The third-order valence-corrected chi connectivity index (χ3v) is 4.25. The summed E-state index contributed by atoms with van der Waals surface area (Å²) in [5.74, 6) is -3.09. The summed E-state index contributed by atoms with van der Waals surface area (Å²) in [4.78, 5) is 49.2. The Bertz CT molecular complexity index is 944. The summed E-state index contributed by atoms with van der Waals surface area (Å²) in [5.41, 5.74) is 0.722. The number of hydrogen-bond donors (Lipinski definition) is 4. The second-order valence-corrected chi connectivity index (χ2v) is 7.37. The Morgan fingerprint density at radius 3 is 2.32 bits per heavy atom. The molecule has 0 bridgehead atoms. The lowest BCUT2D eigenvalue weighted by Gasteiger charge is -2.09. The molecule has 2 amide bonds. The molecular formula is C19H21ClN4O6S. The number of benzene rings is 1. The molecule has 12 heteroatoms. The third-order valence-electron chi connectivity index (χ3n) is 3.26. The van der Waals surface area contributed by atoms with E-state index < -0.39 is 11.9 Å². The van der Waals surface area contributed by atoms with Gasteiger partial charge in [-0.15, -0.1) is 11.3 Å². The van der Waals surface area contributed by atoms with Crippen molar-refractivity contribution < 1.29 is 29.4 Å². The van der Waals surface area contributed by atoms with Crippen LogP contribution in [0.15, 0.2) is 41.8 Å². The Hall–Kier alpha value is -3.28. The number of amides is 2. The Morgan fingerprint density at radius 2 is 1.77 bits per heavy atom. The summed E-state index contributed by atoms with van der Waals surface area (Å²) >= 11 is 7.06. The highest BCUT2D eigenvalue weighted by Crippen LogP contribution is 2.17. The molecule has 2 rings (SSSR count). The largest absolute Gasteiger partial charge is 0.478 e. The number of carboxylic acids is 2. The molecule has 0 unspecified atom stereocenters. The number of carbonyl (C=O) groups excluding carboxylic acids is 2. The number of halogens is 1. The SMILES string of the molecule is CN(C)CCNC(=O)c1csc(NC(=O)c2cccc(Cl)c2)n1.O=C(O)C=CC(=O)O. The smallest absolute Gasteiger partial charge is 0.328 e. The van der Waals surface area contributed by atoms with Crippen molar-refractivity contribution in [3.8, 4) is 0 Å². The summed E-state index contributed by atoms with van der Waals surface area (Å²) in [6.07, 6.45) is 1.12. The van der Waals surface area contributed by atoms with Gasteiger partial charge in [-0.25, -0.2) is 14.6 Å². The zero-order valence-electron chi connectivity index (χ0n) is 16.7. The Kier molecular flexibility index (Phi) is 10.9. The molecule has 1 heterocycles. The van der Waals surface area contributed by atoms with Crippen molar-refractivity contribution >= 4 is 51.8 Å². The molecule has 0 spiro atoms. The van der Waals surface area contributed by atoms with E-state index in [1.807, 2.05) is 19.0 Å². The molecule has 166 valence electrons. The first kappa shape index (κ1) is 25.8. The summed E-state index contributed by atoms with van der Waals surface area (Å²) in [6, 6.07) is 6.61. The van der Waals surface area contributed by atoms with Crippen LogP contribution in [0.3, 0.4) is 0 Å². The summed E-state index contributed by atoms with van der Waals surface area (Å²) in [7, 11) is 3.86. The highest BCUT2D eigenvalue weighted by atomic mass is 35.5. The van der Waals surface area contributed by atoms with E-state index in [2.05, 4.69) is 15.6 Å². The van der Waals surface area contributed by atoms with Gasteiger partial charge in [-0.2, -0.15) is 0 Å². The van der Waals surface area contributed by atoms with Crippen LogP contribution in [-0.2, 0) is 9.59 Å². The van der Waals surface area contributed by atoms with Crippen molar-refractivity contribution in [2.45, 2.75) is 0 Å². The number of thiazole rings is 1. The molecule has 1 aromatic carbocycles. The predicted octanol–water partition coefficient (Wildman–Crippen LogP) is 2.05. The number of likely N-dealkylation sites (N-methyl/N-ethyl adjacent to an activating group) is 1. The average Bonchev–Trinajstić information content (AvgIpc) is 3.15. The zero-order valence-corrected chi connectivity index (χ0v) is 18.2. The number of aliphatic carboxylic acids is 2. The monoisotopic (exact) mass is 468 g/mol. The molecule has 0 saturated carbocycles. The first-order chi connectivity index (χ1) is 14.6. The van der Waals surface area contributed by atoms with Crippen molar-refractivity contribution in [1.29, 1.82) is 0 Å². The van der Waals surface area contributed by atoms with E-state index in [9.17, 15) is 19.2 Å².